The monoisotopic (exact) mass is 340 g/mol. The molecule has 1 aromatic rings. The van der Waals surface area contributed by atoms with Crippen LogP contribution in [0.15, 0.2) is 22.7 Å². The number of urea groups is 1. The van der Waals surface area contributed by atoms with Crippen LogP contribution in [0.25, 0.3) is 0 Å². The molecule has 3 N–H and O–H groups in total. The van der Waals surface area contributed by atoms with Crippen molar-refractivity contribution in [1.82, 2.24) is 5.32 Å². The number of hydrogen-bond acceptors (Lipinski definition) is 2. The van der Waals surface area contributed by atoms with E-state index in [2.05, 4.69) is 26.6 Å². The summed E-state index contributed by atoms with van der Waals surface area (Å²) in [6.07, 6.45) is 4.85. The van der Waals surface area contributed by atoms with Crippen molar-refractivity contribution < 1.29 is 14.7 Å². The minimum atomic E-state index is -0.997. The van der Waals surface area contributed by atoms with Crippen molar-refractivity contribution in [2.24, 2.45) is 5.92 Å². The number of anilines is 1. The van der Waals surface area contributed by atoms with E-state index in [1.807, 2.05) is 0 Å². The second-order valence-corrected chi connectivity index (χ2v) is 5.84. The zero-order valence-corrected chi connectivity index (χ0v) is 12.6. The molecule has 108 valence electrons. The molecule has 0 bridgehead atoms. The fourth-order valence-electron chi connectivity index (χ4n) is 2.37. The molecule has 0 unspecified atom stereocenters. The lowest BCUT2D eigenvalue weighted by Gasteiger charge is -2.12. The smallest absolute Gasteiger partial charge is 0.335 e. The molecule has 0 spiro atoms. The van der Waals surface area contributed by atoms with Crippen LogP contribution < -0.4 is 10.6 Å². The number of halogens is 1. The second-order valence-electron chi connectivity index (χ2n) is 4.99. The molecule has 0 heterocycles. The first-order chi connectivity index (χ1) is 9.56. The first-order valence-corrected chi connectivity index (χ1v) is 7.43. The zero-order valence-electron chi connectivity index (χ0n) is 11.0. The standard InChI is InChI=1S/C14H17BrN2O3/c15-11-7-10(13(18)19)5-6-12(11)17-14(20)16-8-9-3-1-2-4-9/h5-7,9H,1-4,8H2,(H,18,19)(H2,16,17,20). The highest BCUT2D eigenvalue weighted by Crippen LogP contribution is 2.25. The van der Waals surface area contributed by atoms with E-state index in [-0.39, 0.29) is 11.6 Å². The maximum Gasteiger partial charge on any atom is 0.335 e. The number of carboxylic acid groups (broad SMARTS) is 1. The van der Waals surface area contributed by atoms with Crippen LogP contribution in [0, 0.1) is 5.92 Å². The summed E-state index contributed by atoms with van der Waals surface area (Å²) < 4.78 is 0.549. The lowest BCUT2D eigenvalue weighted by Crippen LogP contribution is -2.32. The Balaban J connectivity index is 1.88. The van der Waals surface area contributed by atoms with Gasteiger partial charge >= 0.3 is 12.0 Å². The average molecular weight is 341 g/mol. The van der Waals surface area contributed by atoms with E-state index in [4.69, 9.17) is 5.11 Å². The van der Waals surface area contributed by atoms with Crippen molar-refractivity contribution in [2.45, 2.75) is 25.7 Å². The van der Waals surface area contributed by atoms with Crippen molar-refractivity contribution in [3.63, 3.8) is 0 Å². The third kappa shape index (κ3) is 3.96. The van der Waals surface area contributed by atoms with Gasteiger partial charge in [-0.3, -0.25) is 0 Å². The van der Waals surface area contributed by atoms with Gasteiger partial charge in [0, 0.05) is 11.0 Å². The molecule has 2 rings (SSSR count). The second kappa shape index (κ2) is 6.74. The van der Waals surface area contributed by atoms with Crippen molar-refractivity contribution in [3.8, 4) is 0 Å². The zero-order chi connectivity index (χ0) is 14.5. The average Bonchev–Trinajstić information content (AvgIpc) is 2.91. The van der Waals surface area contributed by atoms with Gasteiger partial charge in [-0.25, -0.2) is 9.59 Å². The topological polar surface area (TPSA) is 78.4 Å². The summed E-state index contributed by atoms with van der Waals surface area (Å²) in [6.45, 7) is 0.691. The molecule has 1 aliphatic rings. The van der Waals surface area contributed by atoms with Crippen LogP contribution >= 0.6 is 15.9 Å². The largest absolute Gasteiger partial charge is 0.478 e. The predicted octanol–water partition coefficient (Wildman–Crippen LogP) is 3.46. The number of carbonyl (C=O) groups excluding carboxylic acids is 1. The molecule has 6 heteroatoms. The number of rotatable bonds is 4. The highest BCUT2D eigenvalue weighted by atomic mass is 79.9. The summed E-state index contributed by atoms with van der Waals surface area (Å²) in [7, 11) is 0. The Labute approximate surface area is 125 Å². The Morgan fingerprint density at radius 2 is 2.00 bits per heavy atom. The molecular formula is C14H17BrN2O3. The first-order valence-electron chi connectivity index (χ1n) is 6.64. The maximum absolute atomic E-state index is 11.8. The van der Waals surface area contributed by atoms with Gasteiger partial charge in [-0.15, -0.1) is 0 Å². The lowest BCUT2D eigenvalue weighted by atomic mass is 10.1. The summed E-state index contributed by atoms with van der Waals surface area (Å²) in [6, 6.07) is 4.23. The third-order valence-electron chi connectivity index (χ3n) is 3.49. The van der Waals surface area contributed by atoms with Gasteiger partial charge in [0.1, 0.15) is 0 Å². The first kappa shape index (κ1) is 14.8. The Bertz CT molecular complexity index is 513. The Morgan fingerprint density at radius 1 is 1.30 bits per heavy atom. The predicted molar refractivity (Wildman–Crippen MR) is 80.1 cm³/mol. The summed E-state index contributed by atoms with van der Waals surface area (Å²) in [5, 5.41) is 14.4. The third-order valence-corrected chi connectivity index (χ3v) is 4.15. The van der Waals surface area contributed by atoms with Crippen LogP contribution in [0.3, 0.4) is 0 Å². The molecular weight excluding hydrogens is 324 g/mol. The van der Waals surface area contributed by atoms with E-state index >= 15 is 0 Å². The number of nitrogens with one attached hydrogen (secondary N) is 2. The van der Waals surface area contributed by atoms with Gasteiger partial charge in [0.2, 0.25) is 0 Å². The van der Waals surface area contributed by atoms with Crippen molar-refractivity contribution >= 4 is 33.6 Å². The van der Waals surface area contributed by atoms with E-state index in [1.165, 1.54) is 37.8 Å². The Hall–Kier alpha value is -1.56. The van der Waals surface area contributed by atoms with Gasteiger partial charge in [-0.2, -0.15) is 0 Å². The van der Waals surface area contributed by atoms with Crippen LogP contribution in [0.4, 0.5) is 10.5 Å². The maximum atomic E-state index is 11.8. The van der Waals surface area contributed by atoms with Gasteiger partial charge in [0.25, 0.3) is 0 Å². The van der Waals surface area contributed by atoms with Gasteiger partial charge in [-0.1, -0.05) is 12.8 Å². The fraction of sp³-hybridized carbons (Fsp3) is 0.429. The summed E-state index contributed by atoms with van der Waals surface area (Å²) in [5.74, 6) is -0.415. The molecule has 1 fully saturated rings. The van der Waals surface area contributed by atoms with Crippen molar-refractivity contribution in [1.29, 1.82) is 0 Å². The van der Waals surface area contributed by atoms with Gasteiger partial charge in [0.05, 0.1) is 11.3 Å². The quantitative estimate of drug-likeness (QED) is 0.785. The summed E-state index contributed by atoms with van der Waals surface area (Å²) in [5.41, 5.74) is 0.729. The van der Waals surface area contributed by atoms with Crippen LogP contribution in [-0.4, -0.2) is 23.7 Å². The Kier molecular flexibility index (Phi) is 5.00. The molecule has 1 aromatic carbocycles. The number of hydrogen-bond donors (Lipinski definition) is 3. The van der Waals surface area contributed by atoms with Gasteiger partial charge < -0.3 is 15.7 Å². The number of carboxylic acids is 1. The fourth-order valence-corrected chi connectivity index (χ4v) is 2.85. The highest BCUT2D eigenvalue weighted by Gasteiger charge is 2.16. The van der Waals surface area contributed by atoms with Crippen LogP contribution in [0.5, 0.6) is 0 Å². The number of aromatic carboxylic acids is 1. The molecule has 0 radical (unpaired) electrons. The van der Waals surface area contributed by atoms with Crippen molar-refractivity contribution in [3.05, 3.63) is 28.2 Å². The Morgan fingerprint density at radius 3 is 2.60 bits per heavy atom. The molecule has 0 aliphatic heterocycles. The van der Waals surface area contributed by atoms with E-state index in [0.717, 1.165) is 0 Å². The van der Waals surface area contributed by atoms with E-state index in [0.29, 0.717) is 22.6 Å². The number of carbonyl (C=O) groups is 2. The number of benzene rings is 1. The SMILES string of the molecule is O=C(NCC1CCCC1)Nc1ccc(C(=O)O)cc1Br. The summed E-state index contributed by atoms with van der Waals surface area (Å²) >= 11 is 3.26. The molecule has 20 heavy (non-hydrogen) atoms. The van der Waals surface area contributed by atoms with Gasteiger partial charge in [-0.05, 0) is 52.9 Å². The normalized spacial score (nSPS) is 15.1. The van der Waals surface area contributed by atoms with E-state index < -0.39 is 5.97 Å². The number of amides is 2. The minimum absolute atomic E-state index is 0.175. The molecule has 2 amide bonds. The molecule has 0 aromatic heterocycles. The molecule has 0 atom stereocenters. The van der Waals surface area contributed by atoms with Gasteiger partial charge in [0.15, 0.2) is 0 Å². The molecule has 5 nitrogen and oxygen atoms in total. The van der Waals surface area contributed by atoms with E-state index in [9.17, 15) is 9.59 Å². The van der Waals surface area contributed by atoms with Crippen LogP contribution in [0.2, 0.25) is 0 Å². The van der Waals surface area contributed by atoms with Crippen LogP contribution in [-0.2, 0) is 0 Å². The lowest BCUT2D eigenvalue weighted by molar-refractivity contribution is 0.0697. The molecule has 1 saturated carbocycles. The summed E-state index contributed by atoms with van der Waals surface area (Å²) in [4.78, 5) is 22.6. The van der Waals surface area contributed by atoms with Crippen LogP contribution in [0.1, 0.15) is 36.0 Å². The highest BCUT2D eigenvalue weighted by molar-refractivity contribution is 9.10. The van der Waals surface area contributed by atoms with E-state index in [1.54, 1.807) is 6.07 Å². The molecule has 0 saturated heterocycles. The molecule has 1 aliphatic carbocycles. The van der Waals surface area contributed by atoms with Crippen molar-refractivity contribution in [2.75, 3.05) is 11.9 Å². The minimum Gasteiger partial charge on any atom is -0.478 e.